The summed E-state index contributed by atoms with van der Waals surface area (Å²) < 4.78 is 5.29. The highest BCUT2D eigenvalue weighted by Gasteiger charge is 2.09. The van der Waals surface area contributed by atoms with Crippen molar-refractivity contribution in [3.05, 3.63) is 57.6 Å². The molecule has 0 saturated heterocycles. The number of halogens is 2. The predicted octanol–water partition coefficient (Wildman–Crippen LogP) is 4.32. The molecule has 3 rings (SSSR count). The van der Waals surface area contributed by atoms with Crippen LogP contribution in [0.4, 0.5) is 0 Å². The van der Waals surface area contributed by atoms with Crippen molar-refractivity contribution in [1.82, 2.24) is 20.8 Å². The van der Waals surface area contributed by atoms with Gasteiger partial charge in [-0.3, -0.25) is 0 Å². The molecular weight excluding hydrogens is 485 g/mol. The van der Waals surface area contributed by atoms with Crippen molar-refractivity contribution < 1.29 is 4.52 Å². The third-order valence-electron chi connectivity index (χ3n) is 3.30. The zero-order valence-corrected chi connectivity index (χ0v) is 18.0. The van der Waals surface area contributed by atoms with Gasteiger partial charge in [-0.1, -0.05) is 28.9 Å². The Morgan fingerprint density at radius 2 is 2.19 bits per heavy atom. The average molecular weight is 504 g/mol. The summed E-state index contributed by atoms with van der Waals surface area (Å²) in [5.74, 6) is 1.70. The first-order chi connectivity index (χ1) is 12.2. The molecule has 0 unspecified atom stereocenters. The van der Waals surface area contributed by atoms with Crippen molar-refractivity contribution in [2.45, 2.75) is 20.0 Å². The van der Waals surface area contributed by atoms with Crippen LogP contribution >= 0.6 is 46.9 Å². The van der Waals surface area contributed by atoms with Gasteiger partial charge in [0.05, 0.1) is 13.1 Å². The van der Waals surface area contributed by atoms with Gasteiger partial charge in [-0.25, -0.2) is 4.99 Å². The lowest BCUT2D eigenvalue weighted by atomic mass is 10.2. The number of guanidine groups is 1. The fraction of sp³-hybridized carbons (Fsp3) is 0.235. The third kappa shape index (κ3) is 5.96. The third-order valence-corrected chi connectivity index (χ3v) is 4.27. The van der Waals surface area contributed by atoms with Gasteiger partial charge in [0, 0.05) is 17.1 Å². The predicted molar refractivity (Wildman–Crippen MR) is 116 cm³/mol. The lowest BCUT2D eigenvalue weighted by Gasteiger charge is -2.08. The first-order valence-corrected chi connectivity index (χ1v) is 9.18. The normalized spacial score (nSPS) is 11.1. The minimum atomic E-state index is 0. The highest BCUT2D eigenvalue weighted by Crippen LogP contribution is 2.19. The molecule has 0 bridgehead atoms. The van der Waals surface area contributed by atoms with Gasteiger partial charge < -0.3 is 15.2 Å². The van der Waals surface area contributed by atoms with Gasteiger partial charge in [0.15, 0.2) is 5.96 Å². The van der Waals surface area contributed by atoms with E-state index in [1.807, 2.05) is 24.4 Å². The smallest absolute Gasteiger partial charge is 0.246 e. The molecular formula is C17H19ClIN5OS. The molecule has 2 aromatic heterocycles. The van der Waals surface area contributed by atoms with Crippen LogP contribution < -0.4 is 10.6 Å². The van der Waals surface area contributed by atoms with Gasteiger partial charge in [0.2, 0.25) is 11.7 Å². The van der Waals surface area contributed by atoms with Crippen LogP contribution in [-0.2, 0) is 13.1 Å². The van der Waals surface area contributed by atoms with Crippen LogP contribution in [-0.4, -0.2) is 22.6 Å². The fourth-order valence-corrected chi connectivity index (χ4v) is 2.98. The standard InChI is InChI=1S/C17H18ClN5OS.HI/c1-2-19-17(20-9-12-6-7-25-11-12)21-10-15-22-16(23-24-15)13-4-3-5-14(18)8-13;/h3-8,11H,2,9-10H2,1H3,(H2,19,20,21);1H. The van der Waals surface area contributed by atoms with E-state index >= 15 is 0 Å². The summed E-state index contributed by atoms with van der Waals surface area (Å²) in [4.78, 5) is 8.93. The minimum Gasteiger partial charge on any atom is -0.357 e. The summed E-state index contributed by atoms with van der Waals surface area (Å²) in [5.41, 5.74) is 2.00. The lowest BCUT2D eigenvalue weighted by molar-refractivity contribution is 0.375. The largest absolute Gasteiger partial charge is 0.357 e. The van der Waals surface area contributed by atoms with Gasteiger partial charge in [-0.05, 0) is 41.4 Å². The number of nitrogens with zero attached hydrogens (tertiary/aromatic N) is 3. The topological polar surface area (TPSA) is 75.3 Å². The van der Waals surface area contributed by atoms with Crippen molar-refractivity contribution in [2.75, 3.05) is 6.54 Å². The molecule has 0 atom stereocenters. The van der Waals surface area contributed by atoms with Crippen LogP contribution in [0, 0.1) is 0 Å². The average Bonchev–Trinajstić information content (AvgIpc) is 3.29. The number of benzene rings is 1. The molecule has 0 aliphatic rings. The number of hydrogen-bond acceptors (Lipinski definition) is 5. The SMILES string of the molecule is CCNC(=NCc1ccsc1)NCc1nc(-c2cccc(Cl)c2)no1.I. The molecule has 0 spiro atoms. The maximum Gasteiger partial charge on any atom is 0.246 e. The summed E-state index contributed by atoms with van der Waals surface area (Å²) in [7, 11) is 0. The van der Waals surface area contributed by atoms with Gasteiger partial charge in [0.1, 0.15) is 0 Å². The monoisotopic (exact) mass is 503 g/mol. The number of nitrogens with one attached hydrogen (secondary N) is 2. The van der Waals surface area contributed by atoms with E-state index in [0.717, 1.165) is 12.1 Å². The van der Waals surface area contributed by atoms with Crippen LogP contribution in [0.3, 0.4) is 0 Å². The van der Waals surface area contributed by atoms with Crippen LogP contribution in [0.1, 0.15) is 18.4 Å². The van der Waals surface area contributed by atoms with E-state index in [1.165, 1.54) is 5.56 Å². The molecule has 6 nitrogen and oxygen atoms in total. The van der Waals surface area contributed by atoms with E-state index in [-0.39, 0.29) is 24.0 Å². The molecule has 0 amide bonds. The number of thiophene rings is 1. The molecule has 9 heteroatoms. The van der Waals surface area contributed by atoms with E-state index in [4.69, 9.17) is 16.1 Å². The van der Waals surface area contributed by atoms with Crippen molar-refractivity contribution >= 4 is 52.9 Å². The highest BCUT2D eigenvalue weighted by atomic mass is 127. The van der Waals surface area contributed by atoms with Crippen molar-refractivity contribution in [1.29, 1.82) is 0 Å². The summed E-state index contributed by atoms with van der Waals surface area (Å²) in [6, 6.07) is 9.41. The molecule has 2 heterocycles. The van der Waals surface area contributed by atoms with E-state index in [1.54, 1.807) is 23.5 Å². The maximum atomic E-state index is 5.99. The Kier molecular flexibility index (Phi) is 8.33. The number of hydrogen-bond donors (Lipinski definition) is 2. The maximum absolute atomic E-state index is 5.99. The molecule has 138 valence electrons. The van der Waals surface area contributed by atoms with E-state index in [2.05, 4.69) is 37.2 Å². The van der Waals surface area contributed by atoms with Crippen molar-refractivity contribution in [2.24, 2.45) is 4.99 Å². The summed E-state index contributed by atoms with van der Waals surface area (Å²) >= 11 is 7.66. The molecule has 0 aliphatic carbocycles. The van der Waals surface area contributed by atoms with Gasteiger partial charge in [-0.2, -0.15) is 16.3 Å². The Hall–Kier alpha value is -1.65. The molecule has 26 heavy (non-hydrogen) atoms. The van der Waals surface area contributed by atoms with E-state index in [0.29, 0.717) is 35.8 Å². The lowest BCUT2D eigenvalue weighted by Crippen LogP contribution is -2.36. The molecule has 0 radical (unpaired) electrons. The summed E-state index contributed by atoms with van der Waals surface area (Å²) in [6.45, 7) is 3.80. The molecule has 0 fully saturated rings. The van der Waals surface area contributed by atoms with Crippen molar-refractivity contribution in [3.8, 4) is 11.4 Å². The Morgan fingerprint density at radius 3 is 2.92 bits per heavy atom. The highest BCUT2D eigenvalue weighted by molar-refractivity contribution is 14.0. The van der Waals surface area contributed by atoms with Gasteiger partial charge >= 0.3 is 0 Å². The Labute approximate surface area is 178 Å². The Balaban J connectivity index is 0.00000243. The van der Waals surface area contributed by atoms with Crippen LogP contribution in [0.25, 0.3) is 11.4 Å². The fourth-order valence-electron chi connectivity index (χ4n) is 2.13. The first-order valence-electron chi connectivity index (χ1n) is 7.86. The zero-order valence-electron chi connectivity index (χ0n) is 14.1. The number of aromatic nitrogens is 2. The Bertz CT molecular complexity index is 837. The van der Waals surface area contributed by atoms with E-state index in [9.17, 15) is 0 Å². The van der Waals surface area contributed by atoms with Crippen LogP contribution in [0.5, 0.6) is 0 Å². The first kappa shape index (κ1) is 20.7. The van der Waals surface area contributed by atoms with Gasteiger partial charge in [-0.15, -0.1) is 24.0 Å². The van der Waals surface area contributed by atoms with E-state index < -0.39 is 0 Å². The van der Waals surface area contributed by atoms with Gasteiger partial charge in [0.25, 0.3) is 0 Å². The van der Waals surface area contributed by atoms with Crippen molar-refractivity contribution in [3.63, 3.8) is 0 Å². The molecule has 3 aromatic rings. The molecule has 0 aliphatic heterocycles. The molecule has 2 N–H and O–H groups in total. The summed E-state index contributed by atoms with van der Waals surface area (Å²) in [6.07, 6.45) is 0. The minimum absolute atomic E-state index is 0. The quantitative estimate of drug-likeness (QED) is 0.298. The summed E-state index contributed by atoms with van der Waals surface area (Å²) in [5, 5.41) is 15.2. The number of aliphatic imine (C=N–C) groups is 1. The van der Waals surface area contributed by atoms with Crippen LogP contribution in [0.15, 0.2) is 50.6 Å². The zero-order chi connectivity index (χ0) is 17.5. The molecule has 0 saturated carbocycles. The second-order valence-electron chi connectivity index (χ2n) is 5.20. The molecule has 1 aromatic carbocycles. The number of rotatable bonds is 6. The Morgan fingerprint density at radius 1 is 1.31 bits per heavy atom. The van der Waals surface area contributed by atoms with Crippen LogP contribution in [0.2, 0.25) is 5.02 Å². The second kappa shape index (κ2) is 10.5. The second-order valence-corrected chi connectivity index (χ2v) is 6.42.